The predicted molar refractivity (Wildman–Crippen MR) is 138 cm³/mol. The van der Waals surface area contributed by atoms with Gasteiger partial charge < -0.3 is 14.8 Å². The number of carbonyl (C=O) groups excluding carboxylic acids is 1. The van der Waals surface area contributed by atoms with Gasteiger partial charge in [0, 0.05) is 12.1 Å². The highest BCUT2D eigenvalue weighted by Crippen LogP contribution is 2.35. The van der Waals surface area contributed by atoms with Crippen molar-refractivity contribution in [2.45, 2.75) is 25.2 Å². The zero-order valence-corrected chi connectivity index (χ0v) is 19.9. The highest BCUT2D eigenvalue weighted by molar-refractivity contribution is 5.92. The zero-order valence-electron chi connectivity index (χ0n) is 19.9. The third-order valence-electron chi connectivity index (χ3n) is 6.21. The number of rotatable bonds is 8. The molecule has 0 saturated carbocycles. The molecule has 5 rings (SSSR count). The van der Waals surface area contributed by atoms with Crippen LogP contribution >= 0.6 is 0 Å². The van der Waals surface area contributed by atoms with Crippen LogP contribution in [-0.4, -0.2) is 5.97 Å². The van der Waals surface area contributed by atoms with Gasteiger partial charge >= 0.3 is 5.97 Å². The van der Waals surface area contributed by atoms with Crippen molar-refractivity contribution in [1.29, 1.82) is 0 Å². The second-order valence-electron chi connectivity index (χ2n) is 8.77. The Bertz CT molecular complexity index is 1370. The molecule has 0 fully saturated rings. The standard InChI is InChI=1S/C31H25F2NO3/c32-24-10-6-22(7-11-24)29-19-18-28(31(35)37-29)30(34-26-14-12-25(33)13-15-26)23-8-16-27(17-9-23)36-20-21-4-2-1-3-5-21/h1-18,29-30,34H,19-20H2/t29-,30-/m1/s1. The fraction of sp³-hybridized carbons (Fsp3) is 0.129. The molecule has 4 nitrogen and oxygen atoms in total. The Labute approximate surface area is 214 Å². The molecule has 0 spiro atoms. The lowest BCUT2D eigenvalue weighted by Gasteiger charge is -2.28. The van der Waals surface area contributed by atoms with Crippen LogP contribution in [-0.2, 0) is 16.1 Å². The van der Waals surface area contributed by atoms with Gasteiger partial charge in [-0.2, -0.15) is 0 Å². The third-order valence-corrected chi connectivity index (χ3v) is 6.21. The van der Waals surface area contributed by atoms with E-state index >= 15 is 0 Å². The van der Waals surface area contributed by atoms with Gasteiger partial charge in [0.2, 0.25) is 0 Å². The monoisotopic (exact) mass is 497 g/mol. The minimum Gasteiger partial charge on any atom is -0.489 e. The normalized spacial score (nSPS) is 15.9. The number of nitrogens with one attached hydrogen (secondary N) is 1. The van der Waals surface area contributed by atoms with E-state index in [1.807, 2.05) is 60.7 Å². The number of esters is 1. The van der Waals surface area contributed by atoms with Crippen LogP contribution < -0.4 is 10.1 Å². The van der Waals surface area contributed by atoms with Crippen molar-refractivity contribution >= 4 is 11.7 Å². The molecule has 0 aromatic heterocycles. The summed E-state index contributed by atoms with van der Waals surface area (Å²) in [7, 11) is 0. The van der Waals surface area contributed by atoms with E-state index in [9.17, 15) is 13.6 Å². The molecule has 0 saturated heterocycles. The minimum atomic E-state index is -0.532. The largest absolute Gasteiger partial charge is 0.489 e. The fourth-order valence-electron chi connectivity index (χ4n) is 4.23. The number of anilines is 1. The Morgan fingerprint density at radius 3 is 2.14 bits per heavy atom. The van der Waals surface area contributed by atoms with Gasteiger partial charge in [-0.1, -0.05) is 60.7 Å². The third kappa shape index (κ3) is 6.04. The first-order chi connectivity index (χ1) is 18.0. The van der Waals surface area contributed by atoms with E-state index in [-0.39, 0.29) is 11.6 Å². The molecule has 1 heterocycles. The van der Waals surface area contributed by atoms with Crippen LogP contribution in [0.25, 0.3) is 0 Å². The van der Waals surface area contributed by atoms with Crippen molar-refractivity contribution < 1.29 is 23.0 Å². The first-order valence-corrected chi connectivity index (χ1v) is 12.0. The van der Waals surface area contributed by atoms with Gasteiger partial charge in [-0.25, -0.2) is 13.6 Å². The maximum absolute atomic E-state index is 13.5. The zero-order chi connectivity index (χ0) is 25.6. The van der Waals surface area contributed by atoms with Gasteiger partial charge in [0.1, 0.15) is 30.1 Å². The van der Waals surface area contributed by atoms with Crippen molar-refractivity contribution in [3.8, 4) is 5.75 Å². The Balaban J connectivity index is 1.38. The fourth-order valence-corrected chi connectivity index (χ4v) is 4.23. The molecular formula is C31H25F2NO3. The summed E-state index contributed by atoms with van der Waals surface area (Å²) in [6.07, 6.45) is 1.81. The number of carbonyl (C=O) groups is 1. The molecule has 6 heteroatoms. The smallest absolute Gasteiger partial charge is 0.336 e. The molecule has 4 aromatic rings. The molecule has 0 radical (unpaired) electrons. The molecular weight excluding hydrogens is 472 g/mol. The lowest BCUT2D eigenvalue weighted by molar-refractivity contribution is -0.146. The maximum Gasteiger partial charge on any atom is 0.336 e. The molecule has 2 atom stereocenters. The van der Waals surface area contributed by atoms with Crippen molar-refractivity contribution in [3.05, 3.63) is 143 Å². The number of ether oxygens (including phenoxy) is 2. The van der Waals surface area contributed by atoms with E-state index < -0.39 is 18.1 Å². The molecule has 1 aliphatic heterocycles. The van der Waals surface area contributed by atoms with Crippen molar-refractivity contribution in [2.24, 2.45) is 0 Å². The van der Waals surface area contributed by atoms with Crippen molar-refractivity contribution in [1.82, 2.24) is 0 Å². The lowest BCUT2D eigenvalue weighted by Crippen LogP contribution is -2.25. The number of hydrogen-bond acceptors (Lipinski definition) is 4. The molecule has 0 amide bonds. The van der Waals surface area contributed by atoms with Gasteiger partial charge in [0.05, 0.1) is 11.6 Å². The Morgan fingerprint density at radius 1 is 0.838 bits per heavy atom. The second-order valence-corrected chi connectivity index (χ2v) is 8.77. The molecule has 0 bridgehead atoms. The Morgan fingerprint density at radius 2 is 1.49 bits per heavy atom. The van der Waals surface area contributed by atoms with E-state index in [2.05, 4.69) is 5.32 Å². The van der Waals surface area contributed by atoms with Crippen LogP contribution in [0.4, 0.5) is 14.5 Å². The van der Waals surface area contributed by atoms with Crippen molar-refractivity contribution in [2.75, 3.05) is 5.32 Å². The van der Waals surface area contributed by atoms with E-state index in [1.165, 1.54) is 24.3 Å². The summed E-state index contributed by atoms with van der Waals surface area (Å²) >= 11 is 0. The molecule has 186 valence electrons. The Hall–Kier alpha value is -4.45. The van der Waals surface area contributed by atoms with Crippen LogP contribution in [0, 0.1) is 11.6 Å². The maximum atomic E-state index is 13.5. The quantitative estimate of drug-likeness (QED) is 0.259. The minimum absolute atomic E-state index is 0.345. The Kier molecular flexibility index (Phi) is 7.26. The number of cyclic esters (lactones) is 1. The van der Waals surface area contributed by atoms with E-state index in [4.69, 9.17) is 9.47 Å². The summed E-state index contributed by atoms with van der Waals surface area (Å²) in [5, 5.41) is 3.34. The van der Waals surface area contributed by atoms with Crippen LogP contribution in [0.3, 0.4) is 0 Å². The number of halogens is 2. The van der Waals surface area contributed by atoms with Crippen LogP contribution in [0.5, 0.6) is 5.75 Å². The molecule has 0 aliphatic carbocycles. The van der Waals surface area contributed by atoms with Crippen LogP contribution in [0.2, 0.25) is 0 Å². The average Bonchev–Trinajstić information content (AvgIpc) is 2.93. The summed E-state index contributed by atoms with van der Waals surface area (Å²) in [4.78, 5) is 13.1. The topological polar surface area (TPSA) is 47.6 Å². The van der Waals surface area contributed by atoms with Gasteiger partial charge in [-0.05, 0) is 65.2 Å². The van der Waals surface area contributed by atoms with Gasteiger partial charge in [0.15, 0.2) is 0 Å². The molecule has 1 N–H and O–H groups in total. The average molecular weight is 498 g/mol. The predicted octanol–water partition coefficient (Wildman–Crippen LogP) is 7.31. The highest BCUT2D eigenvalue weighted by Gasteiger charge is 2.30. The SMILES string of the molecule is O=C1O[C@@H](c2ccc(F)cc2)CC=C1[C@H](Nc1ccc(F)cc1)c1ccc(OCc2ccccc2)cc1. The van der Waals surface area contributed by atoms with Crippen LogP contribution in [0.1, 0.15) is 35.3 Å². The number of hydrogen-bond donors (Lipinski definition) is 1. The summed E-state index contributed by atoms with van der Waals surface area (Å²) in [6, 6.07) is 28.7. The van der Waals surface area contributed by atoms with E-state index in [0.29, 0.717) is 30.0 Å². The van der Waals surface area contributed by atoms with Gasteiger partial charge in [-0.15, -0.1) is 0 Å². The second kappa shape index (κ2) is 11.1. The van der Waals surface area contributed by atoms with Gasteiger partial charge in [-0.3, -0.25) is 0 Å². The lowest BCUT2D eigenvalue weighted by atomic mass is 9.93. The van der Waals surface area contributed by atoms with Crippen LogP contribution in [0.15, 0.2) is 115 Å². The molecule has 1 aliphatic rings. The van der Waals surface area contributed by atoms with Gasteiger partial charge in [0.25, 0.3) is 0 Å². The van der Waals surface area contributed by atoms with Crippen molar-refractivity contribution in [3.63, 3.8) is 0 Å². The number of benzene rings is 4. The molecule has 37 heavy (non-hydrogen) atoms. The highest BCUT2D eigenvalue weighted by atomic mass is 19.1. The first kappa shape index (κ1) is 24.3. The summed E-state index contributed by atoms with van der Waals surface area (Å²) in [5.74, 6) is -0.461. The first-order valence-electron chi connectivity index (χ1n) is 12.0. The van der Waals surface area contributed by atoms with E-state index in [1.54, 1.807) is 24.3 Å². The van der Waals surface area contributed by atoms with E-state index in [0.717, 1.165) is 16.7 Å². The molecule has 0 unspecified atom stereocenters. The molecule has 4 aromatic carbocycles. The summed E-state index contributed by atoms with van der Waals surface area (Å²) in [6.45, 7) is 0.444. The summed E-state index contributed by atoms with van der Waals surface area (Å²) in [5.41, 5.74) is 3.71. The summed E-state index contributed by atoms with van der Waals surface area (Å²) < 4.78 is 38.4.